The van der Waals surface area contributed by atoms with Crippen LogP contribution in [0.5, 0.6) is 5.75 Å². The molecule has 0 saturated heterocycles. The molecule has 84 valence electrons. The first kappa shape index (κ1) is 12.3. The van der Waals surface area contributed by atoms with Crippen LogP contribution in [0.4, 0.5) is 8.78 Å². The lowest BCUT2D eigenvalue weighted by Crippen LogP contribution is -2.21. The van der Waals surface area contributed by atoms with E-state index in [9.17, 15) is 8.78 Å². The molecule has 0 saturated carbocycles. The fourth-order valence-electron chi connectivity index (χ4n) is 1.29. The Morgan fingerprint density at radius 2 is 1.87 bits per heavy atom. The molecule has 0 fully saturated rings. The molecule has 0 heterocycles. The Morgan fingerprint density at radius 3 is 2.33 bits per heavy atom. The van der Waals surface area contributed by atoms with Crippen molar-refractivity contribution in [1.29, 1.82) is 0 Å². The summed E-state index contributed by atoms with van der Waals surface area (Å²) in [6, 6.07) is 2.24. The van der Waals surface area contributed by atoms with E-state index in [4.69, 9.17) is 4.74 Å². The molecule has 1 nitrogen and oxygen atoms in total. The predicted octanol–water partition coefficient (Wildman–Crippen LogP) is 3.18. The molecule has 1 aromatic carbocycles. The monoisotopic (exact) mass is 232 g/mol. The minimum absolute atomic E-state index is 0.0776. The van der Waals surface area contributed by atoms with Crippen LogP contribution in [0.2, 0.25) is 0 Å². The Hall–Kier alpha value is -0.770. The van der Waals surface area contributed by atoms with Gasteiger partial charge in [-0.15, -0.1) is 0 Å². The molecule has 15 heavy (non-hydrogen) atoms. The van der Waals surface area contributed by atoms with Crippen LogP contribution in [0.1, 0.15) is 19.4 Å². The molecular formula is C11H14F2OS. The van der Waals surface area contributed by atoms with Crippen molar-refractivity contribution in [3.63, 3.8) is 0 Å². The molecule has 0 atom stereocenters. The van der Waals surface area contributed by atoms with E-state index in [1.54, 1.807) is 0 Å². The maximum absolute atomic E-state index is 13.6. The third-order valence-corrected chi connectivity index (χ3v) is 3.16. The smallest absolute Gasteiger partial charge is 0.165 e. The van der Waals surface area contributed by atoms with Gasteiger partial charge in [-0.2, -0.15) is 12.6 Å². The number of hydrogen-bond donors (Lipinski definition) is 1. The number of hydrogen-bond acceptors (Lipinski definition) is 2. The highest BCUT2D eigenvalue weighted by Crippen LogP contribution is 2.31. The van der Waals surface area contributed by atoms with Crippen molar-refractivity contribution in [2.45, 2.75) is 19.3 Å². The predicted molar refractivity (Wildman–Crippen MR) is 59.8 cm³/mol. The first-order valence-corrected chi connectivity index (χ1v) is 5.20. The summed E-state index contributed by atoms with van der Waals surface area (Å²) in [5.74, 6) is -0.655. The van der Waals surface area contributed by atoms with Gasteiger partial charge in [-0.3, -0.25) is 0 Å². The van der Waals surface area contributed by atoms with Gasteiger partial charge in [0.2, 0.25) is 0 Å². The lowest BCUT2D eigenvalue weighted by Gasteiger charge is -2.23. The Morgan fingerprint density at radius 1 is 1.27 bits per heavy atom. The lowest BCUT2D eigenvalue weighted by atomic mass is 9.86. The average molecular weight is 232 g/mol. The Balaban J connectivity index is 3.28. The van der Waals surface area contributed by atoms with Gasteiger partial charge in [0.25, 0.3) is 0 Å². The van der Waals surface area contributed by atoms with E-state index in [1.165, 1.54) is 13.2 Å². The zero-order chi connectivity index (χ0) is 11.6. The Bertz CT molecular complexity index is 364. The van der Waals surface area contributed by atoms with E-state index in [2.05, 4.69) is 12.6 Å². The largest absolute Gasteiger partial charge is 0.494 e. The Kier molecular flexibility index (Phi) is 3.60. The van der Waals surface area contributed by atoms with Crippen LogP contribution in [-0.2, 0) is 5.41 Å². The van der Waals surface area contributed by atoms with Gasteiger partial charge in [-0.25, -0.2) is 8.78 Å². The second kappa shape index (κ2) is 4.39. The van der Waals surface area contributed by atoms with Crippen molar-refractivity contribution < 1.29 is 13.5 Å². The first-order chi connectivity index (χ1) is 6.92. The van der Waals surface area contributed by atoms with Crippen LogP contribution in [0.15, 0.2) is 12.1 Å². The molecule has 0 aliphatic heterocycles. The van der Waals surface area contributed by atoms with Crippen LogP contribution in [0, 0.1) is 11.6 Å². The molecule has 0 aliphatic rings. The van der Waals surface area contributed by atoms with Crippen LogP contribution >= 0.6 is 12.6 Å². The molecule has 0 unspecified atom stereocenters. The van der Waals surface area contributed by atoms with Gasteiger partial charge in [0.1, 0.15) is 5.82 Å². The molecule has 0 spiro atoms. The summed E-state index contributed by atoms with van der Waals surface area (Å²) >= 11 is 4.12. The SMILES string of the molecule is COc1cc(F)c(C(C)(C)CS)cc1F. The van der Waals surface area contributed by atoms with Crippen LogP contribution in [0.25, 0.3) is 0 Å². The zero-order valence-electron chi connectivity index (χ0n) is 8.97. The summed E-state index contributed by atoms with van der Waals surface area (Å²) in [6.45, 7) is 3.62. The van der Waals surface area contributed by atoms with Crippen LogP contribution in [0.3, 0.4) is 0 Å². The van der Waals surface area contributed by atoms with Gasteiger partial charge in [-0.05, 0) is 17.4 Å². The summed E-state index contributed by atoms with van der Waals surface area (Å²) < 4.78 is 31.7. The molecule has 0 bridgehead atoms. The highest BCUT2D eigenvalue weighted by Gasteiger charge is 2.24. The standard InChI is InChI=1S/C11H14F2OS/c1-11(2,6-15)7-4-9(13)10(14-3)5-8(7)12/h4-5,15H,6H2,1-3H3. The minimum Gasteiger partial charge on any atom is -0.494 e. The Labute approximate surface area is 93.9 Å². The average Bonchev–Trinajstić information content (AvgIpc) is 2.20. The summed E-state index contributed by atoms with van der Waals surface area (Å²) in [6.07, 6.45) is 0. The number of thiol groups is 1. The molecule has 1 aromatic rings. The van der Waals surface area contributed by atoms with E-state index in [0.717, 1.165) is 6.07 Å². The molecule has 0 aliphatic carbocycles. The quantitative estimate of drug-likeness (QED) is 0.787. The number of ether oxygens (including phenoxy) is 1. The number of benzene rings is 1. The van der Waals surface area contributed by atoms with Crippen molar-refractivity contribution in [2.75, 3.05) is 12.9 Å². The third-order valence-electron chi connectivity index (χ3n) is 2.37. The van der Waals surface area contributed by atoms with Crippen LogP contribution < -0.4 is 4.74 Å². The van der Waals surface area contributed by atoms with Crippen molar-refractivity contribution in [1.82, 2.24) is 0 Å². The van der Waals surface area contributed by atoms with Gasteiger partial charge in [-0.1, -0.05) is 13.8 Å². The number of rotatable bonds is 3. The van der Waals surface area contributed by atoms with Gasteiger partial charge >= 0.3 is 0 Å². The fourth-order valence-corrected chi connectivity index (χ4v) is 1.46. The maximum Gasteiger partial charge on any atom is 0.165 e. The summed E-state index contributed by atoms with van der Waals surface area (Å²) in [5.41, 5.74) is -0.184. The summed E-state index contributed by atoms with van der Waals surface area (Å²) in [4.78, 5) is 0. The van der Waals surface area contributed by atoms with Gasteiger partial charge < -0.3 is 4.74 Å². The van der Waals surface area contributed by atoms with E-state index < -0.39 is 17.0 Å². The molecule has 1 rings (SSSR count). The van der Waals surface area contributed by atoms with Gasteiger partial charge in [0.15, 0.2) is 11.6 Å². The van der Waals surface area contributed by atoms with Crippen molar-refractivity contribution in [3.05, 3.63) is 29.3 Å². The fraction of sp³-hybridized carbons (Fsp3) is 0.455. The highest BCUT2D eigenvalue weighted by molar-refractivity contribution is 7.80. The van der Waals surface area contributed by atoms with Gasteiger partial charge in [0.05, 0.1) is 7.11 Å². The van der Waals surface area contributed by atoms with Crippen molar-refractivity contribution >= 4 is 12.6 Å². The molecule has 0 aromatic heterocycles. The molecular weight excluding hydrogens is 218 g/mol. The van der Waals surface area contributed by atoms with E-state index in [0.29, 0.717) is 11.3 Å². The minimum atomic E-state index is -0.552. The highest BCUT2D eigenvalue weighted by atomic mass is 32.1. The van der Waals surface area contributed by atoms with E-state index in [1.807, 2.05) is 13.8 Å². The van der Waals surface area contributed by atoms with Crippen molar-refractivity contribution in [2.24, 2.45) is 0 Å². The normalized spacial score (nSPS) is 11.6. The zero-order valence-corrected chi connectivity index (χ0v) is 9.87. The molecule has 0 N–H and O–H groups in total. The number of methoxy groups -OCH3 is 1. The summed E-state index contributed by atoms with van der Waals surface area (Å²) in [7, 11) is 1.31. The second-order valence-electron chi connectivity index (χ2n) is 4.01. The summed E-state index contributed by atoms with van der Waals surface area (Å²) in [5, 5.41) is 0. The maximum atomic E-state index is 13.6. The molecule has 0 radical (unpaired) electrons. The van der Waals surface area contributed by atoms with E-state index in [-0.39, 0.29) is 5.75 Å². The molecule has 4 heteroatoms. The molecule has 0 amide bonds. The van der Waals surface area contributed by atoms with E-state index >= 15 is 0 Å². The van der Waals surface area contributed by atoms with Gasteiger partial charge in [0, 0.05) is 11.5 Å². The topological polar surface area (TPSA) is 9.23 Å². The van der Waals surface area contributed by atoms with Crippen LogP contribution in [-0.4, -0.2) is 12.9 Å². The lowest BCUT2D eigenvalue weighted by molar-refractivity contribution is 0.379. The number of halogens is 2. The third kappa shape index (κ3) is 2.43. The van der Waals surface area contributed by atoms with Crippen molar-refractivity contribution in [3.8, 4) is 5.75 Å². The second-order valence-corrected chi connectivity index (χ2v) is 4.32. The first-order valence-electron chi connectivity index (χ1n) is 4.56.